The summed E-state index contributed by atoms with van der Waals surface area (Å²) < 4.78 is 12.1. The molecule has 4 N–H and O–H groups in total. The van der Waals surface area contributed by atoms with Crippen LogP contribution in [-0.2, 0) is 0 Å². The number of fused-ring (bicyclic) bond motifs is 1. The minimum atomic E-state index is -0.733. The summed E-state index contributed by atoms with van der Waals surface area (Å²) in [6, 6.07) is 8.78. The molecule has 1 aromatic carbocycles. The number of amides is 1. The minimum absolute atomic E-state index is 0.0144. The van der Waals surface area contributed by atoms with Gasteiger partial charge in [0.1, 0.15) is 12.7 Å². The van der Waals surface area contributed by atoms with E-state index in [4.69, 9.17) is 32.5 Å². The van der Waals surface area contributed by atoms with Crippen LogP contribution in [-0.4, -0.2) is 89.7 Å². The molecule has 2 saturated heterocycles. The normalized spacial score (nSPS) is 23.6. The van der Waals surface area contributed by atoms with Gasteiger partial charge in [-0.3, -0.25) is 14.6 Å². The lowest BCUT2D eigenvalue weighted by atomic mass is 9.98. The van der Waals surface area contributed by atoms with E-state index in [0.717, 1.165) is 70.0 Å². The predicted octanol–water partition coefficient (Wildman–Crippen LogP) is 2.02. The monoisotopic (exact) mass is 515 g/mol. The Hall–Kier alpha value is -2.82. The summed E-state index contributed by atoms with van der Waals surface area (Å²) in [4.78, 5) is 27.2. The number of carbonyl (C=O) groups excluding carboxylic acids is 1. The standard InChI is InChI=1S/C25H34ClN7O3/c1-2-16-13-32(25-22(26)29-21(24(28)34)23(27)30-25)11-12-33(16)17-7-9-31(10-8-17)14-18-15-35-19-5-3-4-6-20(19)36-18/h3-6,16-18H,2,7-15H2,1H3,(H2,27,30)(H2,28,34)/t16-,18?/m0/s1. The SMILES string of the molecule is CC[C@H]1CN(c2nc(N)c(C(N)=O)nc2Cl)CCN1C1CCN(CC2COc3ccccc3O2)CC1. The molecule has 0 aliphatic carbocycles. The van der Waals surface area contributed by atoms with Gasteiger partial charge in [-0.05, 0) is 44.5 Å². The molecule has 10 nitrogen and oxygen atoms in total. The van der Waals surface area contributed by atoms with Crippen molar-refractivity contribution < 1.29 is 14.3 Å². The highest BCUT2D eigenvalue weighted by molar-refractivity contribution is 6.32. The molecular weight excluding hydrogens is 482 g/mol. The predicted molar refractivity (Wildman–Crippen MR) is 139 cm³/mol. The molecule has 3 aliphatic rings. The fraction of sp³-hybridized carbons (Fsp3) is 0.560. The van der Waals surface area contributed by atoms with Gasteiger partial charge in [-0.25, -0.2) is 9.97 Å². The Kier molecular flexibility index (Phi) is 7.36. The molecule has 0 radical (unpaired) electrons. The van der Waals surface area contributed by atoms with Crippen molar-refractivity contribution in [3.05, 3.63) is 35.1 Å². The van der Waals surface area contributed by atoms with Crippen molar-refractivity contribution in [1.29, 1.82) is 0 Å². The number of para-hydroxylation sites is 2. The van der Waals surface area contributed by atoms with E-state index in [1.807, 2.05) is 24.3 Å². The molecule has 1 aromatic heterocycles. The number of rotatable bonds is 6. The fourth-order valence-corrected chi connectivity index (χ4v) is 5.83. The number of nitrogens with two attached hydrogens (primary N) is 2. The number of hydrogen-bond acceptors (Lipinski definition) is 9. The van der Waals surface area contributed by atoms with E-state index in [-0.39, 0.29) is 22.8 Å². The number of halogens is 1. The lowest BCUT2D eigenvalue weighted by Gasteiger charge is -2.48. The second-order valence-electron chi connectivity index (χ2n) is 9.71. The lowest BCUT2D eigenvalue weighted by molar-refractivity contribution is 0.0275. The van der Waals surface area contributed by atoms with E-state index >= 15 is 0 Å². The van der Waals surface area contributed by atoms with E-state index in [2.05, 4.69) is 31.6 Å². The van der Waals surface area contributed by atoms with Gasteiger partial charge < -0.3 is 25.8 Å². The molecule has 194 valence electrons. The van der Waals surface area contributed by atoms with Crippen LogP contribution in [0.4, 0.5) is 11.6 Å². The Morgan fingerprint density at radius 1 is 1.14 bits per heavy atom. The first-order valence-electron chi connectivity index (χ1n) is 12.7. The maximum absolute atomic E-state index is 11.5. The molecule has 0 saturated carbocycles. The zero-order valence-corrected chi connectivity index (χ0v) is 21.4. The zero-order chi connectivity index (χ0) is 25.2. The average molecular weight is 516 g/mol. The van der Waals surface area contributed by atoms with Crippen molar-refractivity contribution >= 4 is 29.1 Å². The third kappa shape index (κ3) is 5.16. The summed E-state index contributed by atoms with van der Waals surface area (Å²) in [5.74, 6) is 1.46. The molecule has 4 heterocycles. The Bertz CT molecular complexity index is 1100. The van der Waals surface area contributed by atoms with Crippen LogP contribution >= 0.6 is 11.6 Å². The van der Waals surface area contributed by atoms with E-state index in [1.165, 1.54) is 0 Å². The van der Waals surface area contributed by atoms with Crippen molar-refractivity contribution in [2.75, 3.05) is 56.5 Å². The van der Waals surface area contributed by atoms with Crippen molar-refractivity contribution in [2.24, 2.45) is 5.73 Å². The maximum atomic E-state index is 11.5. The van der Waals surface area contributed by atoms with Gasteiger partial charge in [0.25, 0.3) is 5.91 Å². The van der Waals surface area contributed by atoms with Crippen LogP contribution in [0.15, 0.2) is 24.3 Å². The number of hydrogen-bond donors (Lipinski definition) is 2. The molecule has 2 fully saturated rings. The Balaban J connectivity index is 1.15. The number of anilines is 2. The van der Waals surface area contributed by atoms with Gasteiger partial charge in [0.15, 0.2) is 34.0 Å². The highest BCUT2D eigenvalue weighted by atomic mass is 35.5. The van der Waals surface area contributed by atoms with Crippen molar-refractivity contribution in [2.45, 2.75) is 44.4 Å². The van der Waals surface area contributed by atoms with Crippen LogP contribution in [0.5, 0.6) is 11.5 Å². The van der Waals surface area contributed by atoms with Gasteiger partial charge in [0, 0.05) is 38.3 Å². The third-order valence-electron chi connectivity index (χ3n) is 7.45. The largest absolute Gasteiger partial charge is 0.486 e. The first-order chi connectivity index (χ1) is 17.4. The van der Waals surface area contributed by atoms with Crippen LogP contribution in [0.25, 0.3) is 0 Å². The number of nitrogens with zero attached hydrogens (tertiary/aromatic N) is 5. The molecule has 1 unspecified atom stereocenters. The fourth-order valence-electron chi connectivity index (χ4n) is 5.58. The van der Waals surface area contributed by atoms with E-state index in [9.17, 15) is 4.79 Å². The topological polar surface area (TPSA) is 123 Å². The van der Waals surface area contributed by atoms with Crippen LogP contribution in [0.3, 0.4) is 0 Å². The first-order valence-corrected chi connectivity index (χ1v) is 13.0. The van der Waals surface area contributed by atoms with Gasteiger partial charge >= 0.3 is 0 Å². The summed E-state index contributed by atoms with van der Waals surface area (Å²) in [6.45, 7) is 8.25. The Morgan fingerprint density at radius 2 is 1.89 bits per heavy atom. The maximum Gasteiger partial charge on any atom is 0.271 e. The average Bonchev–Trinajstić information content (AvgIpc) is 2.89. The Morgan fingerprint density at radius 3 is 2.61 bits per heavy atom. The van der Waals surface area contributed by atoms with Crippen LogP contribution in [0.2, 0.25) is 5.15 Å². The molecule has 0 bridgehead atoms. The van der Waals surface area contributed by atoms with Gasteiger partial charge in [-0.1, -0.05) is 30.7 Å². The summed E-state index contributed by atoms with van der Waals surface area (Å²) in [5, 5.41) is 0.158. The summed E-state index contributed by atoms with van der Waals surface area (Å²) in [7, 11) is 0. The number of benzene rings is 1. The molecule has 1 amide bonds. The molecular formula is C25H34ClN7O3. The molecule has 2 aromatic rings. The number of piperazine rings is 1. The molecule has 5 rings (SSSR count). The Labute approximate surface area is 216 Å². The number of aromatic nitrogens is 2. The van der Waals surface area contributed by atoms with Gasteiger partial charge in [0.05, 0.1) is 0 Å². The minimum Gasteiger partial charge on any atom is -0.486 e. The quantitative estimate of drug-likeness (QED) is 0.594. The molecule has 0 spiro atoms. The number of piperidine rings is 1. The summed E-state index contributed by atoms with van der Waals surface area (Å²) >= 11 is 6.36. The summed E-state index contributed by atoms with van der Waals surface area (Å²) in [6.07, 6.45) is 3.33. The van der Waals surface area contributed by atoms with Crippen LogP contribution in [0.1, 0.15) is 36.7 Å². The van der Waals surface area contributed by atoms with Gasteiger partial charge in [0.2, 0.25) is 0 Å². The van der Waals surface area contributed by atoms with E-state index < -0.39 is 5.91 Å². The molecule has 11 heteroatoms. The number of ether oxygens (including phenoxy) is 2. The second kappa shape index (κ2) is 10.7. The number of carbonyl (C=O) groups is 1. The number of primary amides is 1. The molecule has 2 atom stereocenters. The number of nitrogen functional groups attached to an aromatic ring is 1. The smallest absolute Gasteiger partial charge is 0.271 e. The first kappa shape index (κ1) is 24.9. The third-order valence-corrected chi connectivity index (χ3v) is 7.70. The van der Waals surface area contributed by atoms with Crippen LogP contribution in [0, 0.1) is 0 Å². The van der Waals surface area contributed by atoms with Gasteiger partial charge in [-0.2, -0.15) is 0 Å². The van der Waals surface area contributed by atoms with E-state index in [0.29, 0.717) is 24.5 Å². The van der Waals surface area contributed by atoms with Crippen molar-refractivity contribution in [3.8, 4) is 11.5 Å². The van der Waals surface area contributed by atoms with E-state index in [1.54, 1.807) is 0 Å². The molecule has 36 heavy (non-hydrogen) atoms. The number of likely N-dealkylation sites (tertiary alicyclic amines) is 1. The summed E-state index contributed by atoms with van der Waals surface area (Å²) in [5.41, 5.74) is 11.2. The highest BCUT2D eigenvalue weighted by Gasteiger charge is 2.35. The second-order valence-corrected chi connectivity index (χ2v) is 10.1. The van der Waals surface area contributed by atoms with Gasteiger partial charge in [-0.15, -0.1) is 0 Å². The molecule has 3 aliphatic heterocycles. The van der Waals surface area contributed by atoms with Crippen molar-refractivity contribution in [1.82, 2.24) is 19.8 Å². The van der Waals surface area contributed by atoms with Crippen LogP contribution < -0.4 is 25.8 Å². The highest BCUT2D eigenvalue weighted by Crippen LogP contribution is 2.32. The zero-order valence-electron chi connectivity index (χ0n) is 20.6. The lowest BCUT2D eigenvalue weighted by Crippen LogP contribution is -2.59. The van der Waals surface area contributed by atoms with Crippen molar-refractivity contribution in [3.63, 3.8) is 0 Å².